The van der Waals surface area contributed by atoms with E-state index in [1.807, 2.05) is 30.3 Å². The smallest absolute Gasteiger partial charge is 0.270 e. The van der Waals surface area contributed by atoms with Crippen molar-refractivity contribution in [1.29, 1.82) is 5.26 Å². The van der Waals surface area contributed by atoms with E-state index in [2.05, 4.69) is 34.0 Å². The van der Waals surface area contributed by atoms with Crippen LogP contribution in [0, 0.1) is 11.3 Å². The molecule has 0 atom stereocenters. The number of nitriles is 1. The average molecular weight is 447 g/mol. The molecule has 1 aromatic carbocycles. The summed E-state index contributed by atoms with van der Waals surface area (Å²) in [5, 5.41) is 13.3. The van der Waals surface area contributed by atoms with Gasteiger partial charge in [0.15, 0.2) is 0 Å². The minimum atomic E-state index is -0.271. The third-order valence-electron chi connectivity index (χ3n) is 6.26. The van der Waals surface area contributed by atoms with Crippen LogP contribution in [0.2, 0.25) is 0 Å². The second-order valence-corrected chi connectivity index (χ2v) is 8.28. The van der Waals surface area contributed by atoms with Crippen molar-refractivity contribution in [2.45, 2.75) is 45.6 Å². The Kier molecular flexibility index (Phi) is 7.20. The minimum absolute atomic E-state index is 0.0730. The fourth-order valence-corrected chi connectivity index (χ4v) is 4.36. The van der Waals surface area contributed by atoms with Crippen molar-refractivity contribution in [3.05, 3.63) is 52.4 Å². The summed E-state index contributed by atoms with van der Waals surface area (Å²) in [6, 6.07) is 11.3. The quantitative estimate of drug-likeness (QED) is 0.525. The SMILES string of the molecule is CCN(CC)CCOc1ccc(Nc2ncc3cc(C#N)c(=O)n(C4CCCC4)c3n2)cc1. The van der Waals surface area contributed by atoms with Crippen LogP contribution in [-0.4, -0.2) is 45.7 Å². The number of ether oxygens (including phenoxy) is 1. The third kappa shape index (κ3) is 5.15. The van der Waals surface area contributed by atoms with Crippen LogP contribution in [0.4, 0.5) is 11.6 Å². The van der Waals surface area contributed by atoms with Crippen molar-refractivity contribution in [3.63, 3.8) is 0 Å². The zero-order valence-electron chi connectivity index (χ0n) is 19.3. The molecule has 2 aromatic heterocycles. The summed E-state index contributed by atoms with van der Waals surface area (Å²) < 4.78 is 7.54. The molecule has 2 heterocycles. The van der Waals surface area contributed by atoms with Crippen LogP contribution in [0.15, 0.2) is 41.3 Å². The van der Waals surface area contributed by atoms with Crippen molar-refractivity contribution in [3.8, 4) is 11.8 Å². The van der Waals surface area contributed by atoms with Crippen molar-refractivity contribution in [2.24, 2.45) is 0 Å². The Balaban J connectivity index is 1.53. The van der Waals surface area contributed by atoms with Crippen LogP contribution in [0.3, 0.4) is 0 Å². The molecular weight excluding hydrogens is 416 g/mol. The molecule has 0 spiro atoms. The van der Waals surface area contributed by atoms with Crippen LogP contribution in [0.1, 0.15) is 51.1 Å². The standard InChI is InChI=1S/C25H30N6O2/c1-3-30(4-2)13-14-33-22-11-9-20(10-12-22)28-25-27-17-19-15-18(16-26)24(32)31(23(19)29-25)21-7-5-6-8-21/h9-12,15,17,21H,3-8,13-14H2,1-2H3,(H,27,28,29). The second kappa shape index (κ2) is 10.5. The Hall–Kier alpha value is -3.44. The van der Waals surface area contributed by atoms with Crippen molar-refractivity contribution in [2.75, 3.05) is 31.6 Å². The molecule has 1 aliphatic carbocycles. The van der Waals surface area contributed by atoms with Crippen LogP contribution < -0.4 is 15.6 Å². The predicted octanol–water partition coefficient (Wildman–Crippen LogP) is 4.24. The van der Waals surface area contributed by atoms with Gasteiger partial charge in [-0.15, -0.1) is 0 Å². The number of hydrogen-bond acceptors (Lipinski definition) is 7. The largest absolute Gasteiger partial charge is 0.492 e. The van der Waals surface area contributed by atoms with E-state index in [4.69, 9.17) is 4.74 Å². The molecule has 1 saturated carbocycles. The molecule has 3 aromatic rings. The molecule has 8 heteroatoms. The molecule has 0 unspecified atom stereocenters. The number of hydrogen-bond donors (Lipinski definition) is 1. The minimum Gasteiger partial charge on any atom is -0.492 e. The molecule has 0 aliphatic heterocycles. The highest BCUT2D eigenvalue weighted by molar-refractivity contribution is 5.77. The molecule has 0 amide bonds. The second-order valence-electron chi connectivity index (χ2n) is 8.28. The van der Waals surface area contributed by atoms with E-state index in [9.17, 15) is 10.1 Å². The molecule has 1 N–H and O–H groups in total. The van der Waals surface area contributed by atoms with Crippen molar-refractivity contribution in [1.82, 2.24) is 19.4 Å². The first-order valence-corrected chi connectivity index (χ1v) is 11.7. The summed E-state index contributed by atoms with van der Waals surface area (Å²) in [7, 11) is 0. The van der Waals surface area contributed by atoms with Gasteiger partial charge >= 0.3 is 0 Å². The lowest BCUT2D eigenvalue weighted by molar-refractivity contribution is 0.223. The van der Waals surface area contributed by atoms with Gasteiger partial charge < -0.3 is 15.0 Å². The molecule has 33 heavy (non-hydrogen) atoms. The third-order valence-corrected chi connectivity index (χ3v) is 6.26. The van der Waals surface area contributed by atoms with Gasteiger partial charge in [0.1, 0.15) is 29.6 Å². The van der Waals surface area contributed by atoms with Crippen molar-refractivity contribution < 1.29 is 4.74 Å². The fraction of sp³-hybridized carbons (Fsp3) is 0.440. The van der Waals surface area contributed by atoms with Crippen molar-refractivity contribution >= 4 is 22.7 Å². The Morgan fingerprint density at radius 3 is 2.61 bits per heavy atom. The van der Waals surface area contributed by atoms with E-state index < -0.39 is 0 Å². The van der Waals surface area contributed by atoms with E-state index in [-0.39, 0.29) is 17.2 Å². The topological polar surface area (TPSA) is 96.1 Å². The maximum absolute atomic E-state index is 12.9. The summed E-state index contributed by atoms with van der Waals surface area (Å²) in [5.41, 5.74) is 1.26. The van der Waals surface area contributed by atoms with Gasteiger partial charge in [-0.05, 0) is 56.3 Å². The summed E-state index contributed by atoms with van der Waals surface area (Å²) in [5.74, 6) is 1.22. The highest BCUT2D eigenvalue weighted by Crippen LogP contribution is 2.31. The lowest BCUT2D eigenvalue weighted by atomic mass is 10.2. The molecule has 0 saturated heterocycles. The van der Waals surface area contributed by atoms with Gasteiger partial charge in [0.05, 0.1) is 0 Å². The predicted molar refractivity (Wildman–Crippen MR) is 129 cm³/mol. The van der Waals surface area contributed by atoms with Gasteiger partial charge in [0, 0.05) is 29.9 Å². The lowest BCUT2D eigenvalue weighted by Gasteiger charge is -2.18. The maximum atomic E-state index is 12.9. The van der Waals surface area contributed by atoms with Gasteiger partial charge in [0.25, 0.3) is 5.56 Å². The van der Waals surface area contributed by atoms with Crippen LogP contribution in [0.5, 0.6) is 5.75 Å². The number of aromatic nitrogens is 3. The molecule has 8 nitrogen and oxygen atoms in total. The number of nitrogens with zero attached hydrogens (tertiary/aromatic N) is 5. The molecule has 172 valence electrons. The average Bonchev–Trinajstić information content (AvgIpc) is 3.37. The van der Waals surface area contributed by atoms with Gasteiger partial charge in [0.2, 0.25) is 5.95 Å². The summed E-state index contributed by atoms with van der Waals surface area (Å²) >= 11 is 0. The molecule has 0 bridgehead atoms. The fourth-order valence-electron chi connectivity index (χ4n) is 4.36. The molecule has 1 fully saturated rings. The number of nitrogens with one attached hydrogen (secondary N) is 1. The molecular formula is C25H30N6O2. The van der Waals surface area contributed by atoms with Crippen LogP contribution in [-0.2, 0) is 0 Å². The number of benzene rings is 1. The first kappa shape index (κ1) is 22.7. The molecule has 1 aliphatic rings. The number of likely N-dealkylation sites (N-methyl/N-ethyl adjacent to an activating group) is 1. The van der Waals surface area contributed by atoms with E-state index in [0.29, 0.717) is 23.6 Å². The number of pyridine rings is 1. The highest BCUT2D eigenvalue weighted by atomic mass is 16.5. The zero-order chi connectivity index (χ0) is 23.2. The molecule has 4 rings (SSSR count). The monoisotopic (exact) mass is 446 g/mol. The summed E-state index contributed by atoms with van der Waals surface area (Å²) in [4.78, 5) is 24.3. The van der Waals surface area contributed by atoms with Gasteiger partial charge in [-0.3, -0.25) is 9.36 Å². The van der Waals surface area contributed by atoms with Crippen LogP contribution >= 0.6 is 0 Å². The Labute approximate surface area is 193 Å². The van der Waals surface area contributed by atoms with E-state index in [1.165, 1.54) is 0 Å². The first-order valence-electron chi connectivity index (χ1n) is 11.7. The number of anilines is 2. The Bertz CT molecular complexity index is 1190. The van der Waals surface area contributed by atoms with E-state index in [1.54, 1.807) is 16.8 Å². The Morgan fingerprint density at radius 2 is 1.94 bits per heavy atom. The Morgan fingerprint density at radius 1 is 1.21 bits per heavy atom. The molecule has 0 radical (unpaired) electrons. The summed E-state index contributed by atoms with van der Waals surface area (Å²) in [6.45, 7) is 7.87. The van der Waals surface area contributed by atoms with Crippen LogP contribution in [0.25, 0.3) is 11.0 Å². The maximum Gasteiger partial charge on any atom is 0.270 e. The van der Waals surface area contributed by atoms with E-state index in [0.717, 1.165) is 56.8 Å². The van der Waals surface area contributed by atoms with Gasteiger partial charge in [-0.1, -0.05) is 26.7 Å². The number of fused-ring (bicyclic) bond motifs is 1. The number of rotatable bonds is 9. The highest BCUT2D eigenvalue weighted by Gasteiger charge is 2.22. The lowest BCUT2D eigenvalue weighted by Crippen LogP contribution is -2.27. The normalized spacial score (nSPS) is 14.0. The van der Waals surface area contributed by atoms with Gasteiger partial charge in [-0.25, -0.2) is 4.98 Å². The summed E-state index contributed by atoms with van der Waals surface area (Å²) in [6.07, 6.45) is 5.67. The van der Waals surface area contributed by atoms with E-state index >= 15 is 0 Å². The van der Waals surface area contributed by atoms with Gasteiger partial charge in [-0.2, -0.15) is 10.2 Å². The first-order chi connectivity index (χ1) is 16.1. The zero-order valence-corrected chi connectivity index (χ0v) is 19.3.